The van der Waals surface area contributed by atoms with Crippen molar-refractivity contribution in [3.8, 4) is 11.1 Å². The fraction of sp³-hybridized carbons (Fsp3) is 0.316. The van der Waals surface area contributed by atoms with Crippen molar-refractivity contribution in [2.45, 2.75) is 26.8 Å². The Balaban J connectivity index is 2.70. The molecule has 1 aromatic heterocycles. The quantitative estimate of drug-likeness (QED) is 0.832. The van der Waals surface area contributed by atoms with E-state index in [-0.39, 0.29) is 5.91 Å². The van der Waals surface area contributed by atoms with Gasteiger partial charge < -0.3 is 15.2 Å². The lowest BCUT2D eigenvalue weighted by Crippen LogP contribution is -2.13. The molecule has 1 amide bonds. The molecule has 0 saturated carbocycles. The van der Waals surface area contributed by atoms with E-state index < -0.39 is 0 Å². The molecule has 2 N–H and O–H groups in total. The third-order valence-electron chi connectivity index (χ3n) is 4.20. The summed E-state index contributed by atoms with van der Waals surface area (Å²) in [6, 6.07) is 8.21. The average Bonchev–Trinajstić information content (AvgIpc) is 2.80. The molecule has 0 radical (unpaired) electrons. The fourth-order valence-electron chi connectivity index (χ4n) is 3.08. The molecule has 0 fully saturated rings. The summed E-state index contributed by atoms with van der Waals surface area (Å²) in [6.07, 6.45) is 2.67. The Morgan fingerprint density at radius 3 is 2.35 bits per heavy atom. The molecule has 0 aliphatic rings. The zero-order valence-electron chi connectivity index (χ0n) is 14.4. The van der Waals surface area contributed by atoms with Crippen LogP contribution in [0.3, 0.4) is 0 Å². The van der Waals surface area contributed by atoms with Gasteiger partial charge in [-0.1, -0.05) is 25.1 Å². The molecular weight excluding hydrogens is 286 g/mol. The van der Waals surface area contributed by atoms with Gasteiger partial charge in [-0.15, -0.1) is 6.58 Å². The summed E-state index contributed by atoms with van der Waals surface area (Å²) in [5.41, 5.74) is 11.4. The second kappa shape index (κ2) is 6.73. The van der Waals surface area contributed by atoms with Crippen LogP contribution >= 0.6 is 0 Å². The Morgan fingerprint density at radius 1 is 1.30 bits per heavy atom. The van der Waals surface area contributed by atoms with Gasteiger partial charge >= 0.3 is 0 Å². The number of carbonyl (C=O) groups excluding carboxylic acids is 1. The molecule has 0 aliphatic carbocycles. The van der Waals surface area contributed by atoms with Crippen LogP contribution < -0.4 is 10.6 Å². The number of hydrogen-bond donors (Lipinski definition) is 1. The van der Waals surface area contributed by atoms with E-state index in [1.54, 1.807) is 0 Å². The van der Waals surface area contributed by atoms with Crippen molar-refractivity contribution in [3.63, 3.8) is 0 Å². The van der Waals surface area contributed by atoms with Gasteiger partial charge in [0.2, 0.25) is 0 Å². The maximum atomic E-state index is 12.1. The first-order chi connectivity index (χ1) is 10.9. The summed E-state index contributed by atoms with van der Waals surface area (Å²) in [5.74, 6) is -0.383. The summed E-state index contributed by atoms with van der Waals surface area (Å²) in [5, 5.41) is 0. The SMILES string of the molecule is C=CCn1c(C)c(C(N)=O)c(-c2ccc(N(C)C)cc2)c1CC. The van der Waals surface area contributed by atoms with E-state index in [4.69, 9.17) is 5.73 Å². The van der Waals surface area contributed by atoms with Gasteiger partial charge in [0.25, 0.3) is 5.91 Å². The number of allylic oxidation sites excluding steroid dienone is 1. The first-order valence-electron chi connectivity index (χ1n) is 7.82. The Bertz CT molecular complexity index is 724. The molecule has 0 unspecified atom stereocenters. The number of aromatic nitrogens is 1. The van der Waals surface area contributed by atoms with Crippen LogP contribution in [0.2, 0.25) is 0 Å². The van der Waals surface area contributed by atoms with Crippen LogP contribution in [0.15, 0.2) is 36.9 Å². The highest BCUT2D eigenvalue weighted by Gasteiger charge is 2.23. The van der Waals surface area contributed by atoms with Crippen molar-refractivity contribution in [2.24, 2.45) is 5.73 Å². The van der Waals surface area contributed by atoms with E-state index in [1.165, 1.54) is 0 Å². The lowest BCUT2D eigenvalue weighted by molar-refractivity contribution is 0.1000. The molecule has 1 heterocycles. The summed E-state index contributed by atoms with van der Waals surface area (Å²) in [4.78, 5) is 14.1. The monoisotopic (exact) mass is 311 g/mol. The third kappa shape index (κ3) is 3.02. The molecule has 4 nitrogen and oxygen atoms in total. The highest BCUT2D eigenvalue weighted by Crippen LogP contribution is 2.34. The van der Waals surface area contributed by atoms with Gasteiger partial charge in [-0.25, -0.2) is 0 Å². The van der Waals surface area contributed by atoms with E-state index in [2.05, 4.69) is 30.2 Å². The molecule has 4 heteroatoms. The lowest BCUT2D eigenvalue weighted by Gasteiger charge is -2.14. The number of nitrogens with two attached hydrogens (primary N) is 1. The van der Waals surface area contributed by atoms with Crippen LogP contribution in [0.5, 0.6) is 0 Å². The largest absolute Gasteiger partial charge is 0.378 e. The van der Waals surface area contributed by atoms with E-state index in [1.807, 2.05) is 44.1 Å². The number of benzene rings is 1. The van der Waals surface area contributed by atoms with Gasteiger partial charge in [-0.05, 0) is 31.0 Å². The topological polar surface area (TPSA) is 51.3 Å². The van der Waals surface area contributed by atoms with Crippen LogP contribution in [0.1, 0.15) is 28.7 Å². The highest BCUT2D eigenvalue weighted by molar-refractivity contribution is 6.02. The Morgan fingerprint density at radius 2 is 1.91 bits per heavy atom. The summed E-state index contributed by atoms with van der Waals surface area (Å²) in [7, 11) is 4.01. The number of carbonyl (C=O) groups is 1. The van der Waals surface area contributed by atoms with Crippen molar-refractivity contribution in [3.05, 3.63) is 53.9 Å². The summed E-state index contributed by atoms with van der Waals surface area (Å²) < 4.78 is 2.13. The van der Waals surface area contributed by atoms with Gasteiger partial charge in [0.15, 0.2) is 0 Å². The molecule has 122 valence electrons. The number of anilines is 1. The van der Waals surface area contributed by atoms with E-state index in [0.29, 0.717) is 12.1 Å². The Kier molecular flexibility index (Phi) is 4.94. The zero-order valence-corrected chi connectivity index (χ0v) is 14.4. The van der Waals surface area contributed by atoms with Crippen LogP contribution in [0.4, 0.5) is 5.69 Å². The summed E-state index contributed by atoms with van der Waals surface area (Å²) >= 11 is 0. The van der Waals surface area contributed by atoms with E-state index in [9.17, 15) is 4.79 Å². The molecule has 0 aliphatic heterocycles. The first kappa shape index (κ1) is 16.9. The molecule has 23 heavy (non-hydrogen) atoms. The number of rotatable bonds is 6. The molecule has 0 saturated heterocycles. The van der Waals surface area contributed by atoms with Crippen molar-refractivity contribution >= 4 is 11.6 Å². The minimum atomic E-state index is -0.383. The first-order valence-corrected chi connectivity index (χ1v) is 7.82. The van der Waals surface area contributed by atoms with Crippen LogP contribution in [-0.4, -0.2) is 24.6 Å². The van der Waals surface area contributed by atoms with Gasteiger partial charge in [-0.2, -0.15) is 0 Å². The van der Waals surface area contributed by atoms with Crippen molar-refractivity contribution in [1.82, 2.24) is 4.57 Å². The zero-order chi connectivity index (χ0) is 17.1. The standard InChI is InChI=1S/C19H25N3O/c1-6-12-22-13(3)17(19(20)23)18(16(22)7-2)14-8-10-15(11-9-14)21(4)5/h6,8-11H,1,7,12H2,2-5H3,(H2,20,23). The smallest absolute Gasteiger partial charge is 0.251 e. The number of primary amides is 1. The molecule has 1 aromatic carbocycles. The molecular formula is C19H25N3O. The number of hydrogen-bond acceptors (Lipinski definition) is 2. The average molecular weight is 311 g/mol. The molecule has 2 rings (SSSR count). The predicted molar refractivity (Wildman–Crippen MR) is 97.0 cm³/mol. The van der Waals surface area contributed by atoms with Crippen molar-refractivity contribution in [1.29, 1.82) is 0 Å². The Labute approximate surface area is 138 Å². The van der Waals surface area contributed by atoms with E-state index >= 15 is 0 Å². The molecule has 0 bridgehead atoms. The minimum Gasteiger partial charge on any atom is -0.378 e. The second-order valence-electron chi connectivity index (χ2n) is 5.84. The molecule has 0 spiro atoms. The van der Waals surface area contributed by atoms with Crippen LogP contribution in [0, 0.1) is 6.92 Å². The Hall–Kier alpha value is -2.49. The normalized spacial score (nSPS) is 10.6. The van der Waals surface area contributed by atoms with Crippen molar-refractivity contribution in [2.75, 3.05) is 19.0 Å². The predicted octanol–water partition coefficient (Wildman–Crippen LogP) is 3.38. The van der Waals surface area contributed by atoms with E-state index in [0.717, 1.165) is 34.6 Å². The summed E-state index contributed by atoms with van der Waals surface area (Å²) in [6.45, 7) is 8.53. The van der Waals surface area contributed by atoms with Gasteiger partial charge in [0.05, 0.1) is 5.56 Å². The molecule has 0 atom stereocenters. The van der Waals surface area contributed by atoms with Gasteiger partial charge in [0, 0.05) is 43.3 Å². The molecule has 2 aromatic rings. The van der Waals surface area contributed by atoms with Crippen LogP contribution in [-0.2, 0) is 13.0 Å². The number of amides is 1. The van der Waals surface area contributed by atoms with Crippen molar-refractivity contribution < 1.29 is 4.79 Å². The second-order valence-corrected chi connectivity index (χ2v) is 5.84. The minimum absolute atomic E-state index is 0.383. The highest BCUT2D eigenvalue weighted by atomic mass is 16.1. The fourth-order valence-corrected chi connectivity index (χ4v) is 3.08. The maximum absolute atomic E-state index is 12.1. The maximum Gasteiger partial charge on any atom is 0.251 e. The lowest BCUT2D eigenvalue weighted by atomic mass is 9.98. The van der Waals surface area contributed by atoms with Crippen LogP contribution in [0.25, 0.3) is 11.1 Å². The van der Waals surface area contributed by atoms with Gasteiger partial charge in [-0.3, -0.25) is 4.79 Å². The third-order valence-corrected chi connectivity index (χ3v) is 4.20. The van der Waals surface area contributed by atoms with Gasteiger partial charge in [0.1, 0.15) is 0 Å². The number of nitrogens with zero attached hydrogens (tertiary/aromatic N) is 2.